The van der Waals surface area contributed by atoms with Gasteiger partial charge in [-0.15, -0.1) is 0 Å². The summed E-state index contributed by atoms with van der Waals surface area (Å²) in [6.07, 6.45) is 2.02. The van der Waals surface area contributed by atoms with Crippen molar-refractivity contribution in [3.05, 3.63) is 71.2 Å². The topological polar surface area (TPSA) is 84.2 Å². The van der Waals surface area contributed by atoms with E-state index in [0.29, 0.717) is 11.3 Å². The quantitative estimate of drug-likeness (QED) is 0.722. The molecule has 2 aromatic carbocycles. The summed E-state index contributed by atoms with van der Waals surface area (Å²) >= 11 is 0. The van der Waals surface area contributed by atoms with Crippen molar-refractivity contribution in [3.8, 4) is 17.6 Å². The Morgan fingerprint density at radius 2 is 2.00 bits per heavy atom. The van der Waals surface area contributed by atoms with Crippen LogP contribution in [0.3, 0.4) is 0 Å². The zero-order valence-corrected chi connectivity index (χ0v) is 13.0. The van der Waals surface area contributed by atoms with Crippen molar-refractivity contribution in [1.29, 1.82) is 5.26 Å². The predicted molar refractivity (Wildman–Crippen MR) is 90.3 cm³/mol. The van der Waals surface area contributed by atoms with E-state index in [2.05, 4.69) is 6.07 Å². The Kier molecular flexibility index (Phi) is 3.00. The average Bonchev–Trinajstić information content (AvgIpc) is 2.90. The minimum Gasteiger partial charge on any atom is -0.508 e. The molecule has 24 heavy (non-hydrogen) atoms. The number of hydrogen-bond acceptors (Lipinski definition) is 4. The van der Waals surface area contributed by atoms with Gasteiger partial charge in [-0.25, -0.2) is 0 Å². The highest BCUT2D eigenvalue weighted by Gasteiger charge is 2.32. The van der Waals surface area contributed by atoms with Crippen LogP contribution in [0.15, 0.2) is 60.1 Å². The van der Waals surface area contributed by atoms with Crippen LogP contribution in [0.5, 0.6) is 11.5 Å². The third-order valence-electron chi connectivity index (χ3n) is 4.44. The molecule has 0 aliphatic carbocycles. The van der Waals surface area contributed by atoms with Crippen molar-refractivity contribution in [2.24, 2.45) is 12.8 Å². The Morgan fingerprint density at radius 3 is 2.79 bits per heavy atom. The van der Waals surface area contributed by atoms with Crippen LogP contribution in [0.2, 0.25) is 0 Å². The van der Waals surface area contributed by atoms with Crippen molar-refractivity contribution >= 4 is 10.9 Å². The van der Waals surface area contributed by atoms with Gasteiger partial charge >= 0.3 is 0 Å². The molecular weight excluding hydrogens is 302 g/mol. The zero-order valence-electron chi connectivity index (χ0n) is 13.0. The highest BCUT2D eigenvalue weighted by atomic mass is 16.5. The first-order chi connectivity index (χ1) is 11.6. The van der Waals surface area contributed by atoms with E-state index in [-0.39, 0.29) is 17.6 Å². The summed E-state index contributed by atoms with van der Waals surface area (Å²) in [5, 5.41) is 20.4. The number of benzene rings is 2. The van der Waals surface area contributed by atoms with E-state index in [9.17, 15) is 10.4 Å². The number of nitriles is 1. The van der Waals surface area contributed by atoms with Crippen LogP contribution >= 0.6 is 0 Å². The normalized spacial score (nSPS) is 16.6. The van der Waals surface area contributed by atoms with E-state index >= 15 is 0 Å². The SMILES string of the molecule is Cn1cc(C2C(C#N)=C(N)Oc3cc(O)ccc32)c2ccccc21. The third-order valence-corrected chi connectivity index (χ3v) is 4.44. The maximum absolute atomic E-state index is 9.72. The lowest BCUT2D eigenvalue weighted by Gasteiger charge is -2.26. The number of para-hydroxylation sites is 1. The molecule has 0 spiro atoms. The third kappa shape index (κ3) is 1.94. The Morgan fingerprint density at radius 1 is 1.21 bits per heavy atom. The number of aryl methyl sites for hydroxylation is 1. The molecule has 3 N–H and O–H groups in total. The first kappa shape index (κ1) is 14.2. The van der Waals surface area contributed by atoms with Crippen molar-refractivity contribution in [3.63, 3.8) is 0 Å². The second kappa shape index (κ2) is 5.07. The van der Waals surface area contributed by atoms with Gasteiger partial charge in [0.2, 0.25) is 5.88 Å². The number of hydrogen-bond donors (Lipinski definition) is 2. The second-order valence-corrected chi connectivity index (χ2v) is 5.86. The summed E-state index contributed by atoms with van der Waals surface area (Å²) in [6.45, 7) is 0. The van der Waals surface area contributed by atoms with E-state index in [1.165, 1.54) is 6.07 Å². The molecule has 0 amide bonds. The molecule has 118 valence electrons. The fourth-order valence-electron chi connectivity index (χ4n) is 3.37. The molecule has 4 rings (SSSR count). The number of aromatic hydroxyl groups is 1. The summed E-state index contributed by atoms with van der Waals surface area (Å²) < 4.78 is 7.59. The maximum atomic E-state index is 9.72. The van der Waals surface area contributed by atoms with Gasteiger partial charge in [-0.3, -0.25) is 0 Å². The minimum atomic E-state index is -0.328. The summed E-state index contributed by atoms with van der Waals surface area (Å²) in [4.78, 5) is 0. The summed E-state index contributed by atoms with van der Waals surface area (Å²) in [7, 11) is 1.97. The van der Waals surface area contributed by atoms with Gasteiger partial charge in [0.05, 0.1) is 5.92 Å². The van der Waals surface area contributed by atoms with E-state index in [4.69, 9.17) is 10.5 Å². The number of phenols is 1. The maximum Gasteiger partial charge on any atom is 0.205 e. The molecule has 5 heteroatoms. The molecule has 2 heterocycles. The molecule has 1 aliphatic rings. The van der Waals surface area contributed by atoms with Crippen LogP contribution in [0.25, 0.3) is 10.9 Å². The van der Waals surface area contributed by atoms with Gasteiger partial charge in [0, 0.05) is 35.8 Å². The van der Waals surface area contributed by atoms with E-state index in [1.807, 2.05) is 42.1 Å². The van der Waals surface area contributed by atoms with Gasteiger partial charge in [0.15, 0.2) is 0 Å². The van der Waals surface area contributed by atoms with Crippen LogP contribution in [-0.4, -0.2) is 9.67 Å². The number of fused-ring (bicyclic) bond motifs is 2. The van der Waals surface area contributed by atoms with Gasteiger partial charge in [-0.1, -0.05) is 24.3 Å². The number of allylic oxidation sites excluding steroid dienone is 1. The van der Waals surface area contributed by atoms with Gasteiger partial charge in [-0.05, 0) is 17.7 Å². The number of aromatic nitrogens is 1. The van der Waals surface area contributed by atoms with Crippen LogP contribution in [0.4, 0.5) is 0 Å². The lowest BCUT2D eigenvalue weighted by Crippen LogP contribution is -2.20. The number of rotatable bonds is 1. The lowest BCUT2D eigenvalue weighted by atomic mass is 9.83. The van der Waals surface area contributed by atoms with Gasteiger partial charge in [-0.2, -0.15) is 5.26 Å². The fourth-order valence-corrected chi connectivity index (χ4v) is 3.37. The summed E-state index contributed by atoms with van der Waals surface area (Å²) in [6, 6.07) is 15.1. The molecule has 1 atom stereocenters. The Balaban J connectivity index is 2.04. The summed E-state index contributed by atoms with van der Waals surface area (Å²) in [5.74, 6) is 0.321. The molecule has 1 aromatic heterocycles. The molecule has 1 unspecified atom stereocenters. The van der Waals surface area contributed by atoms with Crippen LogP contribution < -0.4 is 10.5 Å². The van der Waals surface area contributed by atoms with E-state index in [0.717, 1.165) is 22.0 Å². The van der Waals surface area contributed by atoms with Crippen LogP contribution in [-0.2, 0) is 7.05 Å². The Bertz CT molecular complexity index is 1040. The van der Waals surface area contributed by atoms with Crippen molar-refractivity contribution in [2.45, 2.75) is 5.92 Å². The smallest absolute Gasteiger partial charge is 0.205 e. The molecule has 0 bridgehead atoms. The average molecular weight is 317 g/mol. The number of phenolic OH excluding ortho intramolecular Hbond substituents is 1. The first-order valence-electron chi connectivity index (χ1n) is 7.54. The largest absolute Gasteiger partial charge is 0.508 e. The standard InChI is InChI=1S/C19H15N3O2/c1-22-10-15(12-4-2-3-5-16(12)22)18-13-7-6-11(23)8-17(13)24-19(21)14(18)9-20/h2-8,10,18,23H,21H2,1H3. The molecular formula is C19H15N3O2. The van der Waals surface area contributed by atoms with Crippen LogP contribution in [0, 0.1) is 11.3 Å². The predicted octanol–water partition coefficient (Wildman–Crippen LogP) is 3.10. The first-order valence-corrected chi connectivity index (χ1v) is 7.54. The molecule has 0 radical (unpaired) electrons. The fraction of sp³-hybridized carbons (Fsp3) is 0.105. The number of nitrogens with two attached hydrogens (primary N) is 1. The van der Waals surface area contributed by atoms with Crippen LogP contribution in [0.1, 0.15) is 17.0 Å². The van der Waals surface area contributed by atoms with Crippen molar-refractivity contribution in [2.75, 3.05) is 0 Å². The van der Waals surface area contributed by atoms with Gasteiger partial charge in [0.1, 0.15) is 23.1 Å². The Labute approximate surface area is 138 Å². The molecule has 3 aromatic rings. The Hall–Kier alpha value is -3.39. The lowest BCUT2D eigenvalue weighted by molar-refractivity contribution is 0.388. The molecule has 0 fully saturated rings. The second-order valence-electron chi connectivity index (χ2n) is 5.86. The van der Waals surface area contributed by atoms with E-state index < -0.39 is 0 Å². The minimum absolute atomic E-state index is 0.0773. The highest BCUT2D eigenvalue weighted by molar-refractivity contribution is 5.86. The molecule has 0 saturated heterocycles. The zero-order chi connectivity index (χ0) is 16.8. The van der Waals surface area contributed by atoms with Crippen molar-refractivity contribution < 1.29 is 9.84 Å². The van der Waals surface area contributed by atoms with Gasteiger partial charge < -0.3 is 20.1 Å². The van der Waals surface area contributed by atoms with Gasteiger partial charge in [0.25, 0.3) is 0 Å². The number of ether oxygens (including phenoxy) is 1. The van der Waals surface area contributed by atoms with Crippen molar-refractivity contribution in [1.82, 2.24) is 4.57 Å². The highest BCUT2D eigenvalue weighted by Crippen LogP contribution is 2.45. The molecule has 0 saturated carbocycles. The monoisotopic (exact) mass is 317 g/mol. The summed E-state index contributed by atoms with van der Waals surface area (Å²) in [5.41, 5.74) is 9.24. The molecule has 5 nitrogen and oxygen atoms in total. The van der Waals surface area contributed by atoms with E-state index in [1.54, 1.807) is 12.1 Å². The number of nitrogens with zero attached hydrogens (tertiary/aromatic N) is 2. The molecule has 1 aliphatic heterocycles.